The van der Waals surface area contributed by atoms with Gasteiger partial charge in [0.15, 0.2) is 0 Å². The molecule has 0 unspecified atom stereocenters. The van der Waals surface area contributed by atoms with Crippen LogP contribution in [0.3, 0.4) is 0 Å². The van der Waals surface area contributed by atoms with Crippen LogP contribution in [0.15, 0.2) is 41.4 Å². The van der Waals surface area contributed by atoms with Gasteiger partial charge in [0.25, 0.3) is 0 Å². The van der Waals surface area contributed by atoms with Crippen LogP contribution in [0.1, 0.15) is 48.9 Å². The largest absolute Gasteiger partial charge is 0.360 e. The summed E-state index contributed by atoms with van der Waals surface area (Å²) >= 11 is 6.33. The molecule has 2 nitrogen and oxygen atoms in total. The van der Waals surface area contributed by atoms with Crippen molar-refractivity contribution in [2.45, 2.75) is 53.0 Å². The monoisotopic (exact) mass is 368 g/mol. The molecule has 0 atom stereocenters. The van der Waals surface area contributed by atoms with Gasteiger partial charge in [-0.2, -0.15) is 0 Å². The summed E-state index contributed by atoms with van der Waals surface area (Å²) in [6.45, 7) is 9.90. The van der Waals surface area contributed by atoms with E-state index in [0.717, 1.165) is 29.6 Å². The van der Waals surface area contributed by atoms with E-state index < -0.39 is 0 Å². The number of aryl methyl sites for hydroxylation is 2. The van der Waals surface area contributed by atoms with E-state index in [9.17, 15) is 0 Å². The maximum atomic E-state index is 6.33. The van der Waals surface area contributed by atoms with Gasteiger partial charge in [-0.15, -0.1) is 0 Å². The summed E-state index contributed by atoms with van der Waals surface area (Å²) in [6.07, 6.45) is 5.63. The van der Waals surface area contributed by atoms with Gasteiger partial charge in [-0.25, -0.2) is 4.99 Å². The molecule has 2 aromatic carbocycles. The molecule has 2 aromatic rings. The number of halogens is 1. The van der Waals surface area contributed by atoms with Gasteiger partial charge in [0.2, 0.25) is 0 Å². The molecule has 0 aromatic heterocycles. The van der Waals surface area contributed by atoms with E-state index in [-0.39, 0.29) is 0 Å². The molecule has 0 radical (unpaired) electrons. The molecule has 138 valence electrons. The molecule has 0 bridgehead atoms. The Bertz CT molecular complexity index is 791. The van der Waals surface area contributed by atoms with Gasteiger partial charge in [-0.3, -0.25) is 0 Å². The Morgan fingerprint density at radius 2 is 1.85 bits per heavy atom. The van der Waals surface area contributed by atoms with E-state index in [2.05, 4.69) is 50.8 Å². The lowest BCUT2D eigenvalue weighted by Gasteiger charge is -2.24. The van der Waals surface area contributed by atoms with Crippen molar-refractivity contribution >= 4 is 23.6 Å². The summed E-state index contributed by atoms with van der Waals surface area (Å²) in [5, 5.41) is 0.833. The summed E-state index contributed by atoms with van der Waals surface area (Å²) in [6, 6.07) is 13.0. The molecule has 1 aliphatic carbocycles. The highest BCUT2D eigenvalue weighted by atomic mass is 35.5. The van der Waals surface area contributed by atoms with E-state index in [1.807, 2.05) is 24.5 Å². The lowest BCUT2D eigenvalue weighted by Crippen LogP contribution is -2.31. The molecular formula is C23H29ClN2. The molecular weight excluding hydrogens is 340 g/mol. The van der Waals surface area contributed by atoms with Crippen molar-refractivity contribution < 1.29 is 0 Å². The average molecular weight is 369 g/mol. The summed E-state index contributed by atoms with van der Waals surface area (Å²) < 4.78 is 0. The number of hydrogen-bond acceptors (Lipinski definition) is 1. The predicted molar refractivity (Wildman–Crippen MR) is 113 cm³/mol. The van der Waals surface area contributed by atoms with Crippen LogP contribution >= 0.6 is 11.6 Å². The van der Waals surface area contributed by atoms with E-state index in [1.54, 1.807) is 0 Å². The third-order valence-corrected chi connectivity index (χ3v) is 5.54. The molecule has 0 aliphatic heterocycles. The van der Waals surface area contributed by atoms with Crippen LogP contribution in [0, 0.1) is 19.8 Å². The van der Waals surface area contributed by atoms with Crippen LogP contribution in [0.2, 0.25) is 5.02 Å². The highest BCUT2D eigenvalue weighted by Gasteiger charge is 2.24. The Morgan fingerprint density at radius 1 is 1.12 bits per heavy atom. The fourth-order valence-corrected chi connectivity index (χ4v) is 3.37. The second kappa shape index (κ2) is 8.26. The van der Waals surface area contributed by atoms with Crippen LogP contribution in [-0.4, -0.2) is 23.8 Å². The zero-order chi connectivity index (χ0) is 18.7. The first-order valence-electron chi connectivity index (χ1n) is 9.57. The first-order chi connectivity index (χ1) is 12.4. The third-order valence-electron chi connectivity index (χ3n) is 5.17. The predicted octanol–water partition coefficient (Wildman–Crippen LogP) is 6.33. The fourth-order valence-electron chi connectivity index (χ4n) is 3.16. The van der Waals surface area contributed by atoms with Crippen molar-refractivity contribution in [2.75, 3.05) is 6.54 Å². The molecule has 0 amide bonds. The molecule has 26 heavy (non-hydrogen) atoms. The molecule has 0 spiro atoms. The van der Waals surface area contributed by atoms with E-state index in [0.29, 0.717) is 6.04 Å². The van der Waals surface area contributed by atoms with Gasteiger partial charge in [0, 0.05) is 17.6 Å². The second-order valence-corrected chi connectivity index (χ2v) is 8.22. The van der Waals surface area contributed by atoms with Crippen molar-refractivity contribution in [3.8, 4) is 0 Å². The molecule has 1 fully saturated rings. The first kappa shape index (κ1) is 19.0. The molecule has 1 saturated carbocycles. The Hall–Kier alpha value is -1.80. The lowest BCUT2D eigenvalue weighted by molar-refractivity contribution is 0.346. The summed E-state index contributed by atoms with van der Waals surface area (Å²) in [7, 11) is 0. The van der Waals surface area contributed by atoms with Crippen molar-refractivity contribution in [3.05, 3.63) is 63.7 Å². The number of hydrogen-bond donors (Lipinski definition) is 0. The van der Waals surface area contributed by atoms with Crippen LogP contribution in [0.5, 0.6) is 0 Å². The van der Waals surface area contributed by atoms with Crippen molar-refractivity contribution in [1.29, 1.82) is 0 Å². The second-order valence-electron chi connectivity index (χ2n) is 7.81. The first-order valence-corrected chi connectivity index (χ1v) is 9.95. The quantitative estimate of drug-likeness (QED) is 0.412. The molecule has 0 N–H and O–H groups in total. The van der Waals surface area contributed by atoms with Gasteiger partial charge in [-0.1, -0.05) is 35.9 Å². The fraction of sp³-hybridized carbons (Fsp3) is 0.435. The molecule has 0 saturated heterocycles. The van der Waals surface area contributed by atoms with Crippen LogP contribution in [-0.2, 0) is 6.42 Å². The number of nitrogens with zero attached hydrogens (tertiary/aromatic N) is 2. The number of aliphatic imine (C=N–C) groups is 1. The zero-order valence-corrected chi connectivity index (χ0v) is 17.1. The van der Waals surface area contributed by atoms with Gasteiger partial charge >= 0.3 is 0 Å². The minimum atomic E-state index is 0.486. The normalized spacial score (nSPS) is 14.4. The van der Waals surface area contributed by atoms with E-state index in [1.165, 1.54) is 35.1 Å². The standard InChI is InChI=1S/C23H29ClN2/c1-16(2)26(14-19-9-10-19)15-25-23-12-17(3)21(11-18(23)4)13-20-7-5-6-8-22(20)24/h5-8,11-12,15-16,19H,9-10,13-14H2,1-4H3/b25-15-. The Labute approximate surface area is 162 Å². The average Bonchev–Trinajstić information content (AvgIpc) is 3.41. The minimum absolute atomic E-state index is 0.486. The molecule has 3 rings (SSSR count). The highest BCUT2D eigenvalue weighted by molar-refractivity contribution is 6.31. The van der Waals surface area contributed by atoms with Gasteiger partial charge in [0.05, 0.1) is 12.0 Å². The molecule has 1 aliphatic rings. The van der Waals surface area contributed by atoms with Crippen molar-refractivity contribution in [1.82, 2.24) is 4.90 Å². The topological polar surface area (TPSA) is 15.6 Å². The summed E-state index contributed by atoms with van der Waals surface area (Å²) in [5.41, 5.74) is 6.02. The third kappa shape index (κ3) is 4.88. The smallest absolute Gasteiger partial charge is 0.0914 e. The summed E-state index contributed by atoms with van der Waals surface area (Å²) in [5.74, 6) is 0.865. The molecule has 0 heterocycles. The van der Waals surface area contributed by atoms with Crippen molar-refractivity contribution in [3.63, 3.8) is 0 Å². The zero-order valence-electron chi connectivity index (χ0n) is 16.3. The van der Waals surface area contributed by atoms with Crippen molar-refractivity contribution in [2.24, 2.45) is 10.9 Å². The minimum Gasteiger partial charge on any atom is -0.360 e. The van der Waals surface area contributed by atoms with Crippen LogP contribution in [0.25, 0.3) is 0 Å². The van der Waals surface area contributed by atoms with E-state index in [4.69, 9.17) is 16.6 Å². The van der Waals surface area contributed by atoms with Crippen LogP contribution in [0.4, 0.5) is 5.69 Å². The Balaban J connectivity index is 1.78. The number of rotatable bonds is 7. The van der Waals surface area contributed by atoms with Gasteiger partial charge in [0.1, 0.15) is 0 Å². The number of benzene rings is 2. The lowest BCUT2D eigenvalue weighted by atomic mass is 9.97. The Kier molecular flexibility index (Phi) is 6.03. The highest BCUT2D eigenvalue weighted by Crippen LogP contribution is 2.30. The maximum absolute atomic E-state index is 6.33. The van der Waals surface area contributed by atoms with Crippen LogP contribution < -0.4 is 0 Å². The van der Waals surface area contributed by atoms with Gasteiger partial charge < -0.3 is 4.90 Å². The maximum Gasteiger partial charge on any atom is 0.0914 e. The Morgan fingerprint density at radius 3 is 2.50 bits per heavy atom. The SMILES string of the molecule is Cc1cc(/N=C\N(CC2CC2)C(C)C)c(C)cc1Cc1ccccc1Cl. The van der Waals surface area contributed by atoms with Gasteiger partial charge in [-0.05, 0) is 87.3 Å². The van der Waals surface area contributed by atoms with E-state index >= 15 is 0 Å². The summed E-state index contributed by atoms with van der Waals surface area (Å²) in [4.78, 5) is 7.17. The molecule has 3 heteroatoms.